The van der Waals surface area contributed by atoms with Gasteiger partial charge in [0.05, 0.1) is 6.61 Å². The molecule has 0 radical (unpaired) electrons. The van der Waals surface area contributed by atoms with E-state index in [2.05, 4.69) is 36.5 Å². The van der Waals surface area contributed by atoms with Crippen molar-refractivity contribution < 1.29 is 9.84 Å². The van der Waals surface area contributed by atoms with Gasteiger partial charge >= 0.3 is 0 Å². The zero-order valence-electron chi connectivity index (χ0n) is 11.1. The molecule has 18 heavy (non-hydrogen) atoms. The summed E-state index contributed by atoms with van der Waals surface area (Å²) in [6.07, 6.45) is 1.88. The summed E-state index contributed by atoms with van der Waals surface area (Å²) < 4.78 is 5.48. The minimum atomic E-state index is 0.138. The molecule has 1 fully saturated rings. The van der Waals surface area contributed by atoms with E-state index in [0.717, 1.165) is 39.1 Å². The summed E-state index contributed by atoms with van der Waals surface area (Å²) in [4.78, 5) is 0. The molecule has 1 atom stereocenters. The number of hydrogen-bond donors (Lipinski definition) is 2. The van der Waals surface area contributed by atoms with Gasteiger partial charge in [0, 0.05) is 31.7 Å². The van der Waals surface area contributed by atoms with Gasteiger partial charge in [-0.15, -0.1) is 0 Å². The Morgan fingerprint density at radius 3 is 2.72 bits per heavy atom. The highest BCUT2D eigenvalue weighted by Crippen LogP contribution is 2.31. The minimum absolute atomic E-state index is 0.138. The van der Waals surface area contributed by atoms with Crippen molar-refractivity contribution in [1.29, 1.82) is 0 Å². The molecule has 0 bridgehead atoms. The molecule has 0 aromatic heterocycles. The van der Waals surface area contributed by atoms with Crippen LogP contribution in [0.5, 0.6) is 0 Å². The van der Waals surface area contributed by atoms with Crippen LogP contribution in [0.2, 0.25) is 0 Å². The molecule has 1 aliphatic heterocycles. The summed E-state index contributed by atoms with van der Waals surface area (Å²) in [6.45, 7) is 5.74. The van der Waals surface area contributed by atoms with E-state index in [0.29, 0.717) is 0 Å². The van der Waals surface area contributed by atoms with E-state index in [1.807, 2.05) is 0 Å². The Labute approximate surface area is 109 Å². The van der Waals surface area contributed by atoms with Gasteiger partial charge in [-0.3, -0.25) is 0 Å². The van der Waals surface area contributed by atoms with E-state index in [4.69, 9.17) is 9.84 Å². The molecule has 2 rings (SSSR count). The fraction of sp³-hybridized carbons (Fsp3) is 0.600. The Morgan fingerprint density at radius 2 is 2.11 bits per heavy atom. The third-order valence-electron chi connectivity index (χ3n) is 3.78. The van der Waals surface area contributed by atoms with Crippen molar-refractivity contribution in [3.8, 4) is 0 Å². The molecule has 1 aromatic carbocycles. The topological polar surface area (TPSA) is 41.5 Å². The summed E-state index contributed by atoms with van der Waals surface area (Å²) in [5.41, 5.74) is 2.73. The molecule has 1 saturated heterocycles. The van der Waals surface area contributed by atoms with Gasteiger partial charge in [0.15, 0.2) is 0 Å². The maximum atomic E-state index is 9.16. The van der Waals surface area contributed by atoms with Crippen LogP contribution in [0.3, 0.4) is 0 Å². The van der Waals surface area contributed by atoms with Gasteiger partial charge in [-0.2, -0.15) is 0 Å². The first kappa shape index (κ1) is 13.5. The highest BCUT2D eigenvalue weighted by Gasteiger charge is 2.33. The molecule has 1 aliphatic rings. The third kappa shape index (κ3) is 3.55. The number of aryl methyl sites for hydroxylation is 1. The molecule has 3 heteroatoms. The van der Waals surface area contributed by atoms with E-state index in [9.17, 15) is 0 Å². The summed E-state index contributed by atoms with van der Waals surface area (Å²) in [7, 11) is 0. The summed E-state index contributed by atoms with van der Waals surface area (Å²) in [6, 6.07) is 8.59. The quantitative estimate of drug-likeness (QED) is 0.809. The lowest BCUT2D eigenvalue weighted by Crippen LogP contribution is -2.35. The third-order valence-corrected chi connectivity index (χ3v) is 3.78. The summed E-state index contributed by atoms with van der Waals surface area (Å²) in [5, 5.41) is 12.7. The van der Waals surface area contributed by atoms with Crippen molar-refractivity contribution in [1.82, 2.24) is 5.32 Å². The van der Waals surface area contributed by atoms with Gasteiger partial charge in [0.25, 0.3) is 0 Å². The number of benzene rings is 1. The summed E-state index contributed by atoms with van der Waals surface area (Å²) >= 11 is 0. The number of aliphatic hydroxyl groups excluding tert-OH is 1. The van der Waals surface area contributed by atoms with Crippen LogP contribution in [0.15, 0.2) is 24.3 Å². The molecule has 100 valence electrons. The summed E-state index contributed by atoms with van der Waals surface area (Å²) in [5.74, 6) is 0. The van der Waals surface area contributed by atoms with Crippen molar-refractivity contribution in [2.45, 2.75) is 26.3 Å². The average molecular weight is 249 g/mol. The fourth-order valence-corrected chi connectivity index (χ4v) is 2.49. The van der Waals surface area contributed by atoms with E-state index in [-0.39, 0.29) is 12.0 Å². The Morgan fingerprint density at radius 1 is 1.33 bits per heavy atom. The zero-order chi connectivity index (χ0) is 12.8. The second-order valence-electron chi connectivity index (χ2n) is 5.37. The standard InChI is InChI=1S/C15H23NO2/c1-13-2-4-14(5-3-13)10-16-11-15(6-8-17)7-9-18-12-15/h2-5,16-17H,6-12H2,1H3. The normalized spacial score (nSPS) is 23.4. The molecule has 3 nitrogen and oxygen atoms in total. The number of nitrogens with one attached hydrogen (secondary N) is 1. The first-order valence-electron chi connectivity index (χ1n) is 6.69. The predicted octanol–water partition coefficient (Wildman–Crippen LogP) is 1.87. The van der Waals surface area contributed by atoms with Gasteiger partial charge in [-0.05, 0) is 25.3 Å². The largest absolute Gasteiger partial charge is 0.396 e. The monoisotopic (exact) mass is 249 g/mol. The molecule has 1 aromatic rings. The van der Waals surface area contributed by atoms with Crippen LogP contribution in [0.4, 0.5) is 0 Å². The lowest BCUT2D eigenvalue weighted by atomic mass is 9.84. The molecule has 0 saturated carbocycles. The molecule has 1 heterocycles. The second-order valence-corrected chi connectivity index (χ2v) is 5.37. The maximum Gasteiger partial charge on any atom is 0.0536 e. The highest BCUT2D eigenvalue weighted by molar-refractivity contribution is 5.21. The lowest BCUT2D eigenvalue weighted by Gasteiger charge is -2.26. The Kier molecular flexibility index (Phi) is 4.75. The van der Waals surface area contributed by atoms with Crippen molar-refractivity contribution in [3.63, 3.8) is 0 Å². The van der Waals surface area contributed by atoms with Gasteiger partial charge in [0.1, 0.15) is 0 Å². The van der Waals surface area contributed by atoms with Gasteiger partial charge in [-0.25, -0.2) is 0 Å². The van der Waals surface area contributed by atoms with Crippen LogP contribution in [-0.4, -0.2) is 31.5 Å². The second kappa shape index (κ2) is 6.32. The SMILES string of the molecule is Cc1ccc(CNCC2(CCO)CCOC2)cc1. The molecular weight excluding hydrogens is 226 g/mol. The smallest absolute Gasteiger partial charge is 0.0536 e. The molecular formula is C15H23NO2. The minimum Gasteiger partial charge on any atom is -0.396 e. The Hall–Kier alpha value is -0.900. The van der Waals surface area contributed by atoms with Crippen LogP contribution in [0.25, 0.3) is 0 Å². The van der Waals surface area contributed by atoms with Crippen LogP contribution in [0, 0.1) is 12.3 Å². The van der Waals surface area contributed by atoms with Gasteiger partial charge in [-0.1, -0.05) is 29.8 Å². The van der Waals surface area contributed by atoms with E-state index >= 15 is 0 Å². The molecule has 1 unspecified atom stereocenters. The Bertz CT molecular complexity index is 355. The first-order valence-corrected chi connectivity index (χ1v) is 6.69. The van der Waals surface area contributed by atoms with Crippen LogP contribution < -0.4 is 5.32 Å². The van der Waals surface area contributed by atoms with Gasteiger partial charge in [0.2, 0.25) is 0 Å². The highest BCUT2D eigenvalue weighted by atomic mass is 16.5. The maximum absolute atomic E-state index is 9.16. The van der Waals surface area contributed by atoms with Crippen LogP contribution in [0.1, 0.15) is 24.0 Å². The van der Waals surface area contributed by atoms with E-state index in [1.165, 1.54) is 11.1 Å². The van der Waals surface area contributed by atoms with Crippen LogP contribution in [-0.2, 0) is 11.3 Å². The lowest BCUT2D eigenvalue weighted by molar-refractivity contribution is 0.124. The van der Waals surface area contributed by atoms with Crippen LogP contribution >= 0.6 is 0 Å². The molecule has 0 aliphatic carbocycles. The molecule has 2 N–H and O–H groups in total. The number of rotatable bonds is 6. The first-order chi connectivity index (χ1) is 8.74. The molecule has 0 spiro atoms. The van der Waals surface area contributed by atoms with E-state index < -0.39 is 0 Å². The fourth-order valence-electron chi connectivity index (χ4n) is 2.49. The van der Waals surface area contributed by atoms with Crippen molar-refractivity contribution in [2.75, 3.05) is 26.4 Å². The van der Waals surface area contributed by atoms with Crippen molar-refractivity contribution in [2.24, 2.45) is 5.41 Å². The molecule has 0 amide bonds. The Balaban J connectivity index is 1.81. The van der Waals surface area contributed by atoms with E-state index in [1.54, 1.807) is 0 Å². The zero-order valence-corrected chi connectivity index (χ0v) is 11.1. The number of aliphatic hydroxyl groups is 1. The van der Waals surface area contributed by atoms with Crippen molar-refractivity contribution >= 4 is 0 Å². The van der Waals surface area contributed by atoms with Gasteiger partial charge < -0.3 is 15.2 Å². The average Bonchev–Trinajstić information content (AvgIpc) is 2.81. The van der Waals surface area contributed by atoms with Crippen molar-refractivity contribution in [3.05, 3.63) is 35.4 Å². The predicted molar refractivity (Wildman–Crippen MR) is 72.5 cm³/mol. The number of ether oxygens (including phenoxy) is 1. The number of hydrogen-bond acceptors (Lipinski definition) is 3.